The Labute approximate surface area is 201 Å². The average Bonchev–Trinajstić information content (AvgIpc) is 3.11. The average molecular weight is 534 g/mol. The van der Waals surface area contributed by atoms with Crippen molar-refractivity contribution in [3.05, 3.63) is 71.0 Å². The molecule has 0 saturated carbocycles. The maximum absolute atomic E-state index is 12.4. The fraction of sp³-hybridized carbons (Fsp3) is 0.333. The van der Waals surface area contributed by atoms with E-state index in [4.69, 9.17) is 4.42 Å². The summed E-state index contributed by atoms with van der Waals surface area (Å²) in [6.45, 7) is 8.64. The van der Waals surface area contributed by atoms with Gasteiger partial charge in [0, 0.05) is 43.2 Å². The molecule has 0 radical (unpaired) electrons. The highest BCUT2D eigenvalue weighted by Crippen LogP contribution is 2.24. The Kier molecular flexibility index (Phi) is 9.36. The number of nitrogens with zero attached hydrogens (tertiary/aromatic N) is 2. The summed E-state index contributed by atoms with van der Waals surface area (Å²) in [5.74, 6) is 1.66. The van der Waals surface area contributed by atoms with E-state index < -0.39 is 0 Å². The maximum atomic E-state index is 12.4. The Balaban J connectivity index is 0.00000341. The molecule has 7 heteroatoms. The molecule has 3 rings (SSSR count). The highest BCUT2D eigenvalue weighted by Gasteiger charge is 2.12. The lowest BCUT2D eigenvalue weighted by atomic mass is 10.1. The molecule has 0 saturated heterocycles. The van der Waals surface area contributed by atoms with E-state index in [-0.39, 0.29) is 29.9 Å². The van der Waals surface area contributed by atoms with Crippen molar-refractivity contribution >= 4 is 46.8 Å². The molecule has 2 aromatic carbocycles. The Morgan fingerprint density at radius 1 is 1.00 bits per heavy atom. The zero-order chi connectivity index (χ0) is 21.5. The number of nitrogens with one attached hydrogen (secondary N) is 2. The molecule has 0 aliphatic rings. The number of benzene rings is 2. The van der Waals surface area contributed by atoms with Crippen molar-refractivity contribution in [2.24, 2.45) is 4.99 Å². The number of carbonyl (C=O) groups excluding carboxylic acids is 1. The first kappa shape index (κ1) is 24.7. The zero-order valence-corrected chi connectivity index (χ0v) is 20.9. The molecule has 31 heavy (non-hydrogen) atoms. The quantitative estimate of drug-likeness (QED) is 0.262. The van der Waals surface area contributed by atoms with Crippen LogP contribution in [0.15, 0.2) is 57.9 Å². The van der Waals surface area contributed by atoms with Crippen LogP contribution in [0.4, 0.5) is 0 Å². The first-order valence-corrected chi connectivity index (χ1v) is 10.4. The fourth-order valence-corrected chi connectivity index (χ4v) is 3.42. The molecule has 0 bridgehead atoms. The van der Waals surface area contributed by atoms with E-state index in [9.17, 15) is 4.79 Å². The van der Waals surface area contributed by atoms with Gasteiger partial charge in [0.05, 0.1) is 6.54 Å². The summed E-state index contributed by atoms with van der Waals surface area (Å²) >= 11 is 0. The van der Waals surface area contributed by atoms with E-state index in [1.165, 1.54) is 0 Å². The molecule has 1 amide bonds. The number of aliphatic imine (C=N–C) groups is 1. The highest BCUT2D eigenvalue weighted by atomic mass is 127. The fourth-order valence-electron chi connectivity index (χ4n) is 3.42. The molecular weight excluding hydrogens is 503 g/mol. The Morgan fingerprint density at radius 2 is 1.65 bits per heavy atom. The van der Waals surface area contributed by atoms with E-state index in [0.717, 1.165) is 27.9 Å². The van der Waals surface area contributed by atoms with Gasteiger partial charge in [-0.3, -0.25) is 9.79 Å². The third-order valence-electron chi connectivity index (χ3n) is 5.29. The number of aryl methyl sites for hydroxylation is 1. The van der Waals surface area contributed by atoms with Gasteiger partial charge in [0.1, 0.15) is 11.3 Å². The molecule has 2 N–H and O–H groups in total. The minimum Gasteiger partial charge on any atom is -0.459 e. The van der Waals surface area contributed by atoms with Gasteiger partial charge in [0.2, 0.25) is 0 Å². The van der Waals surface area contributed by atoms with Crippen LogP contribution in [-0.4, -0.2) is 36.9 Å². The molecule has 3 aromatic rings. The van der Waals surface area contributed by atoms with Crippen molar-refractivity contribution in [1.82, 2.24) is 15.5 Å². The second-order valence-electron chi connectivity index (χ2n) is 7.10. The van der Waals surface area contributed by atoms with Gasteiger partial charge in [-0.2, -0.15) is 0 Å². The Morgan fingerprint density at radius 3 is 2.26 bits per heavy atom. The minimum atomic E-state index is 0. The van der Waals surface area contributed by atoms with E-state index in [1.807, 2.05) is 61.2 Å². The van der Waals surface area contributed by atoms with Gasteiger partial charge in [-0.1, -0.05) is 30.3 Å². The third-order valence-corrected chi connectivity index (χ3v) is 5.29. The molecule has 1 heterocycles. The molecule has 0 unspecified atom stereocenters. The zero-order valence-electron chi connectivity index (χ0n) is 18.6. The molecule has 6 nitrogen and oxygen atoms in total. The van der Waals surface area contributed by atoms with Crippen LogP contribution in [0.2, 0.25) is 0 Å². The number of hydrogen-bond donors (Lipinski definition) is 2. The number of rotatable bonds is 7. The molecule has 0 spiro atoms. The summed E-state index contributed by atoms with van der Waals surface area (Å²) in [5, 5.41) is 7.74. The number of para-hydroxylation sites is 1. The van der Waals surface area contributed by atoms with Gasteiger partial charge in [0.25, 0.3) is 5.91 Å². The summed E-state index contributed by atoms with van der Waals surface area (Å²) in [5.41, 5.74) is 3.83. The summed E-state index contributed by atoms with van der Waals surface area (Å²) in [4.78, 5) is 18.5. The maximum Gasteiger partial charge on any atom is 0.253 e. The van der Waals surface area contributed by atoms with Crippen molar-refractivity contribution in [3.63, 3.8) is 0 Å². The first-order valence-electron chi connectivity index (χ1n) is 10.4. The van der Waals surface area contributed by atoms with Crippen molar-refractivity contribution in [2.75, 3.05) is 20.1 Å². The topological polar surface area (TPSA) is 69.9 Å². The monoisotopic (exact) mass is 534 g/mol. The number of amides is 1. The summed E-state index contributed by atoms with van der Waals surface area (Å²) < 4.78 is 5.95. The molecule has 0 aliphatic carbocycles. The van der Waals surface area contributed by atoms with Crippen molar-refractivity contribution in [2.45, 2.75) is 33.9 Å². The van der Waals surface area contributed by atoms with Crippen LogP contribution in [0.5, 0.6) is 0 Å². The first-order chi connectivity index (χ1) is 14.6. The Bertz CT molecular complexity index is 1020. The molecule has 1 aromatic heterocycles. The number of guanidine groups is 1. The van der Waals surface area contributed by atoms with Gasteiger partial charge in [-0.15, -0.1) is 24.0 Å². The van der Waals surface area contributed by atoms with Gasteiger partial charge >= 0.3 is 0 Å². The molecule has 0 atom stereocenters. The standard InChI is InChI=1S/C24H30N4O2.HI/c1-5-28(6-2)23(29)19-13-11-18(12-14-19)15-26-24(25-4)27-16-22-17(3)20-9-7-8-10-21(20)30-22;/h7-14H,5-6,15-16H2,1-4H3,(H2,25,26,27);1H. The lowest BCUT2D eigenvalue weighted by Gasteiger charge is -2.18. The van der Waals surface area contributed by atoms with Crippen molar-refractivity contribution in [1.29, 1.82) is 0 Å². The van der Waals surface area contributed by atoms with Crippen LogP contribution in [0.1, 0.15) is 41.1 Å². The lowest BCUT2D eigenvalue weighted by molar-refractivity contribution is 0.0773. The normalized spacial score (nSPS) is 11.2. The molecule has 0 aliphatic heterocycles. The SMILES string of the molecule is CCN(CC)C(=O)c1ccc(CNC(=NC)NCc2oc3ccccc3c2C)cc1.I. The third kappa shape index (κ3) is 6.00. The van der Waals surface area contributed by atoms with Crippen LogP contribution >= 0.6 is 24.0 Å². The van der Waals surface area contributed by atoms with Crippen LogP contribution < -0.4 is 10.6 Å². The van der Waals surface area contributed by atoms with Crippen LogP contribution in [0.25, 0.3) is 11.0 Å². The second kappa shape index (κ2) is 11.7. The predicted molar refractivity (Wildman–Crippen MR) is 137 cm³/mol. The number of carbonyl (C=O) groups is 1. The van der Waals surface area contributed by atoms with Gasteiger partial charge in [0.15, 0.2) is 5.96 Å². The van der Waals surface area contributed by atoms with Gasteiger partial charge in [-0.25, -0.2) is 0 Å². The second-order valence-corrected chi connectivity index (χ2v) is 7.10. The van der Waals surface area contributed by atoms with E-state index in [2.05, 4.69) is 28.6 Å². The van der Waals surface area contributed by atoms with E-state index >= 15 is 0 Å². The van der Waals surface area contributed by atoms with Gasteiger partial charge < -0.3 is 20.0 Å². The number of fused-ring (bicyclic) bond motifs is 1. The molecule has 166 valence electrons. The number of halogens is 1. The number of hydrogen-bond acceptors (Lipinski definition) is 3. The smallest absolute Gasteiger partial charge is 0.253 e. The molecule has 0 fully saturated rings. The van der Waals surface area contributed by atoms with Crippen LogP contribution in [0, 0.1) is 6.92 Å². The lowest BCUT2D eigenvalue weighted by Crippen LogP contribution is -2.36. The Hall–Kier alpha value is -2.55. The highest BCUT2D eigenvalue weighted by molar-refractivity contribution is 14.0. The number of furan rings is 1. The molecular formula is C24H31IN4O2. The summed E-state index contributed by atoms with van der Waals surface area (Å²) in [7, 11) is 1.74. The van der Waals surface area contributed by atoms with Crippen molar-refractivity contribution in [3.8, 4) is 0 Å². The van der Waals surface area contributed by atoms with Gasteiger partial charge in [-0.05, 0) is 44.5 Å². The van der Waals surface area contributed by atoms with Crippen LogP contribution in [0.3, 0.4) is 0 Å². The largest absolute Gasteiger partial charge is 0.459 e. The van der Waals surface area contributed by atoms with Crippen molar-refractivity contribution < 1.29 is 9.21 Å². The van der Waals surface area contributed by atoms with E-state index in [1.54, 1.807) is 7.05 Å². The van der Waals surface area contributed by atoms with Crippen LogP contribution in [-0.2, 0) is 13.1 Å². The predicted octanol–water partition coefficient (Wildman–Crippen LogP) is 4.71. The minimum absolute atomic E-state index is 0. The van der Waals surface area contributed by atoms with E-state index in [0.29, 0.717) is 37.7 Å². The summed E-state index contributed by atoms with van der Waals surface area (Å²) in [6.07, 6.45) is 0. The summed E-state index contributed by atoms with van der Waals surface area (Å²) in [6, 6.07) is 15.7.